The molecule has 1 N–H and O–H groups in total. The lowest BCUT2D eigenvalue weighted by molar-refractivity contribution is -0.122. The molecule has 0 fully saturated rings. The minimum absolute atomic E-state index is 0.189. The molecule has 0 aromatic heterocycles. The number of hydrogen-bond donors (Lipinski definition) is 1. The second-order valence-corrected chi connectivity index (χ2v) is 8.35. The summed E-state index contributed by atoms with van der Waals surface area (Å²) in [6.45, 7) is 7.10. The van der Waals surface area contributed by atoms with E-state index in [9.17, 15) is 13.2 Å². The van der Waals surface area contributed by atoms with E-state index in [-0.39, 0.29) is 5.75 Å². The maximum Gasteiger partial charge on any atom is 0.238 e. The standard InChI is InChI=1S/C16H25NO4S/c1-6-16(3,4)17-15(18)12(2)22(19,20)11-13-8-7-9-14(10-13)21-5/h7-10,12H,6,11H2,1-5H3,(H,17,18)/t12-/m0/s1. The van der Waals surface area contributed by atoms with Crippen molar-refractivity contribution in [1.29, 1.82) is 0 Å². The highest BCUT2D eigenvalue weighted by molar-refractivity contribution is 7.92. The second kappa shape index (κ2) is 7.13. The Morgan fingerprint density at radius 2 is 2.00 bits per heavy atom. The van der Waals surface area contributed by atoms with Gasteiger partial charge in [0, 0.05) is 5.54 Å². The van der Waals surface area contributed by atoms with Crippen molar-refractivity contribution in [3.8, 4) is 5.75 Å². The molecule has 0 spiro atoms. The van der Waals surface area contributed by atoms with Crippen molar-refractivity contribution in [2.45, 2.75) is 50.7 Å². The molecule has 22 heavy (non-hydrogen) atoms. The fourth-order valence-electron chi connectivity index (χ4n) is 1.81. The molecule has 6 heteroatoms. The number of ether oxygens (including phenoxy) is 1. The van der Waals surface area contributed by atoms with Crippen LogP contribution in [0, 0.1) is 0 Å². The molecule has 0 bridgehead atoms. The van der Waals surface area contributed by atoms with Crippen LogP contribution < -0.4 is 10.1 Å². The van der Waals surface area contributed by atoms with Crippen molar-refractivity contribution >= 4 is 15.7 Å². The van der Waals surface area contributed by atoms with Gasteiger partial charge in [0.25, 0.3) is 0 Å². The average Bonchev–Trinajstić information content (AvgIpc) is 2.45. The minimum Gasteiger partial charge on any atom is -0.497 e. The average molecular weight is 327 g/mol. The van der Waals surface area contributed by atoms with E-state index in [0.717, 1.165) is 6.42 Å². The van der Waals surface area contributed by atoms with Gasteiger partial charge < -0.3 is 10.1 Å². The summed E-state index contributed by atoms with van der Waals surface area (Å²) in [5, 5.41) is 1.68. The molecule has 1 aromatic rings. The molecule has 0 heterocycles. The van der Waals surface area contributed by atoms with Gasteiger partial charge in [0.1, 0.15) is 11.0 Å². The van der Waals surface area contributed by atoms with Crippen molar-refractivity contribution in [2.75, 3.05) is 7.11 Å². The van der Waals surface area contributed by atoms with Gasteiger partial charge in [-0.2, -0.15) is 0 Å². The zero-order valence-electron chi connectivity index (χ0n) is 13.8. The van der Waals surface area contributed by atoms with Crippen molar-refractivity contribution in [3.05, 3.63) is 29.8 Å². The molecule has 0 aliphatic rings. The Hall–Kier alpha value is -1.56. The van der Waals surface area contributed by atoms with Gasteiger partial charge in [0.05, 0.1) is 12.9 Å². The summed E-state index contributed by atoms with van der Waals surface area (Å²) in [5.41, 5.74) is 0.186. The van der Waals surface area contributed by atoms with Crippen molar-refractivity contribution < 1.29 is 17.9 Å². The zero-order chi connectivity index (χ0) is 17.0. The molecule has 0 aliphatic heterocycles. The van der Waals surface area contributed by atoms with Gasteiger partial charge >= 0.3 is 0 Å². The second-order valence-electron chi connectivity index (χ2n) is 6.03. The normalized spacial score (nSPS) is 13.5. The topological polar surface area (TPSA) is 72.5 Å². The van der Waals surface area contributed by atoms with Crippen molar-refractivity contribution in [3.63, 3.8) is 0 Å². The van der Waals surface area contributed by atoms with Crippen molar-refractivity contribution in [2.24, 2.45) is 0 Å². The zero-order valence-corrected chi connectivity index (χ0v) is 14.7. The van der Waals surface area contributed by atoms with Crippen LogP contribution in [0.25, 0.3) is 0 Å². The van der Waals surface area contributed by atoms with Gasteiger partial charge in [-0.05, 0) is 44.9 Å². The maximum atomic E-state index is 12.4. The third-order valence-electron chi connectivity index (χ3n) is 3.76. The molecule has 1 aromatic carbocycles. The molecular formula is C16H25NO4S. The van der Waals surface area contributed by atoms with Crippen LogP contribution >= 0.6 is 0 Å². The Morgan fingerprint density at radius 3 is 2.55 bits per heavy atom. The van der Waals surface area contributed by atoms with Crippen LogP contribution in [0.5, 0.6) is 5.75 Å². The molecule has 1 amide bonds. The molecule has 0 unspecified atom stereocenters. The quantitative estimate of drug-likeness (QED) is 0.834. The highest BCUT2D eigenvalue weighted by Crippen LogP contribution is 2.18. The first-order chi connectivity index (χ1) is 10.1. The Labute approximate surface area is 133 Å². The lowest BCUT2D eigenvalue weighted by Crippen LogP contribution is -2.48. The van der Waals surface area contributed by atoms with E-state index in [1.165, 1.54) is 14.0 Å². The van der Waals surface area contributed by atoms with Gasteiger partial charge in [-0.1, -0.05) is 19.1 Å². The third kappa shape index (κ3) is 5.02. The first-order valence-electron chi connectivity index (χ1n) is 7.28. The summed E-state index contributed by atoms with van der Waals surface area (Å²) >= 11 is 0. The summed E-state index contributed by atoms with van der Waals surface area (Å²) in [6, 6.07) is 6.85. The van der Waals surface area contributed by atoms with Gasteiger partial charge in [-0.15, -0.1) is 0 Å². The predicted molar refractivity (Wildman–Crippen MR) is 87.6 cm³/mol. The number of nitrogens with one attached hydrogen (secondary N) is 1. The number of carbonyl (C=O) groups is 1. The van der Waals surface area contributed by atoms with Crippen LogP contribution in [-0.4, -0.2) is 32.2 Å². The fourth-order valence-corrected chi connectivity index (χ4v) is 3.09. The Balaban J connectivity index is 2.86. The van der Waals surface area contributed by atoms with E-state index < -0.39 is 26.5 Å². The number of amides is 1. The molecule has 0 aliphatic carbocycles. The molecule has 0 saturated carbocycles. The summed E-state index contributed by atoms with van der Waals surface area (Å²) in [5.74, 6) is -0.0580. The summed E-state index contributed by atoms with van der Waals surface area (Å²) in [7, 11) is -2.06. The highest BCUT2D eigenvalue weighted by atomic mass is 32.2. The molecule has 0 saturated heterocycles. The monoisotopic (exact) mass is 327 g/mol. The first-order valence-corrected chi connectivity index (χ1v) is 8.99. The molecule has 0 radical (unpaired) electrons. The molecule has 5 nitrogen and oxygen atoms in total. The summed E-state index contributed by atoms with van der Waals surface area (Å²) < 4.78 is 29.9. The SMILES string of the molecule is CCC(C)(C)NC(=O)[C@H](C)S(=O)(=O)Cc1cccc(OC)c1. The minimum atomic E-state index is -3.59. The molecular weight excluding hydrogens is 302 g/mol. The van der Waals surface area contributed by atoms with Crippen LogP contribution in [-0.2, 0) is 20.4 Å². The predicted octanol–water partition coefficient (Wildman–Crippen LogP) is 2.30. The van der Waals surface area contributed by atoms with Crippen LogP contribution in [0.4, 0.5) is 0 Å². The van der Waals surface area contributed by atoms with E-state index in [0.29, 0.717) is 11.3 Å². The van der Waals surface area contributed by atoms with E-state index >= 15 is 0 Å². The van der Waals surface area contributed by atoms with E-state index in [1.807, 2.05) is 20.8 Å². The maximum absolute atomic E-state index is 12.4. The van der Waals surface area contributed by atoms with E-state index in [2.05, 4.69) is 5.32 Å². The molecule has 1 rings (SSSR count). The Bertz CT molecular complexity index is 623. The summed E-state index contributed by atoms with van der Waals surface area (Å²) in [6.07, 6.45) is 0.724. The molecule has 124 valence electrons. The Kier molecular flexibility index (Phi) is 6.00. The lowest BCUT2D eigenvalue weighted by Gasteiger charge is -2.26. The number of benzene rings is 1. The van der Waals surface area contributed by atoms with Crippen LogP contribution in [0.15, 0.2) is 24.3 Å². The number of hydrogen-bond acceptors (Lipinski definition) is 4. The fraction of sp³-hybridized carbons (Fsp3) is 0.562. The van der Waals surface area contributed by atoms with Gasteiger partial charge in [0.2, 0.25) is 5.91 Å². The van der Waals surface area contributed by atoms with Gasteiger partial charge in [0.15, 0.2) is 9.84 Å². The third-order valence-corrected chi connectivity index (χ3v) is 5.78. The lowest BCUT2D eigenvalue weighted by atomic mass is 10.0. The first kappa shape index (κ1) is 18.5. The summed E-state index contributed by atoms with van der Waals surface area (Å²) in [4.78, 5) is 12.2. The number of methoxy groups -OCH3 is 1. The van der Waals surface area contributed by atoms with Crippen LogP contribution in [0.3, 0.4) is 0 Å². The van der Waals surface area contributed by atoms with Gasteiger partial charge in [-0.3, -0.25) is 4.79 Å². The van der Waals surface area contributed by atoms with Crippen LogP contribution in [0.2, 0.25) is 0 Å². The number of sulfone groups is 1. The van der Waals surface area contributed by atoms with E-state index in [4.69, 9.17) is 4.74 Å². The van der Waals surface area contributed by atoms with E-state index in [1.54, 1.807) is 24.3 Å². The molecule has 1 atom stereocenters. The number of carbonyl (C=O) groups excluding carboxylic acids is 1. The largest absolute Gasteiger partial charge is 0.497 e. The highest BCUT2D eigenvalue weighted by Gasteiger charge is 2.31. The smallest absolute Gasteiger partial charge is 0.238 e. The van der Waals surface area contributed by atoms with Crippen molar-refractivity contribution in [1.82, 2.24) is 5.32 Å². The Morgan fingerprint density at radius 1 is 1.36 bits per heavy atom. The van der Waals surface area contributed by atoms with Gasteiger partial charge in [-0.25, -0.2) is 8.42 Å². The van der Waals surface area contributed by atoms with Crippen LogP contribution in [0.1, 0.15) is 39.7 Å². The number of rotatable bonds is 7.